The van der Waals surface area contributed by atoms with E-state index in [-0.39, 0.29) is 12.1 Å². The average Bonchev–Trinajstić information content (AvgIpc) is 2.51. The Balaban J connectivity index is 1.75. The Labute approximate surface area is 123 Å². The first-order valence-electron chi connectivity index (χ1n) is 7.45. The number of urea groups is 1. The number of fused-ring (bicyclic) bond motifs is 1. The number of hydrogen-bond donors (Lipinski definition) is 3. The second-order valence-corrected chi connectivity index (χ2v) is 5.54. The molecule has 5 nitrogen and oxygen atoms in total. The third-order valence-corrected chi connectivity index (χ3v) is 3.99. The fourth-order valence-corrected chi connectivity index (χ4v) is 2.89. The molecule has 0 radical (unpaired) electrons. The number of rotatable bonds is 2. The van der Waals surface area contributed by atoms with Crippen LogP contribution in [0.5, 0.6) is 0 Å². The lowest BCUT2D eigenvalue weighted by molar-refractivity contribution is 0.244. The molecule has 4 N–H and O–H groups in total. The van der Waals surface area contributed by atoms with E-state index in [1.165, 1.54) is 19.3 Å². The van der Waals surface area contributed by atoms with Crippen LogP contribution in [0.3, 0.4) is 0 Å². The quantitative estimate of drug-likeness (QED) is 0.740. The lowest BCUT2D eigenvalue weighted by Gasteiger charge is -2.23. The molecule has 21 heavy (non-hydrogen) atoms. The predicted molar refractivity (Wildman–Crippen MR) is 85.2 cm³/mol. The number of nitrogen functional groups attached to an aromatic ring is 1. The first-order chi connectivity index (χ1) is 10.2. The van der Waals surface area contributed by atoms with Gasteiger partial charge in [-0.2, -0.15) is 0 Å². The summed E-state index contributed by atoms with van der Waals surface area (Å²) < 4.78 is 0. The van der Waals surface area contributed by atoms with Crippen LogP contribution in [-0.2, 0) is 0 Å². The molecule has 5 heteroatoms. The molecule has 1 saturated carbocycles. The van der Waals surface area contributed by atoms with E-state index in [0.717, 1.165) is 23.9 Å². The van der Waals surface area contributed by atoms with Crippen molar-refractivity contribution in [2.45, 2.75) is 38.1 Å². The SMILES string of the molecule is Nc1ccc(NC(=O)NC2CCCCC2)c2cccnc12. The monoisotopic (exact) mass is 284 g/mol. The van der Waals surface area contributed by atoms with Crippen molar-refractivity contribution < 1.29 is 4.79 Å². The van der Waals surface area contributed by atoms with Gasteiger partial charge in [0.15, 0.2) is 0 Å². The molecule has 0 bridgehead atoms. The molecule has 0 unspecified atom stereocenters. The van der Waals surface area contributed by atoms with Gasteiger partial charge in [0, 0.05) is 17.6 Å². The highest BCUT2D eigenvalue weighted by atomic mass is 16.2. The van der Waals surface area contributed by atoms with E-state index in [0.29, 0.717) is 11.2 Å². The summed E-state index contributed by atoms with van der Waals surface area (Å²) in [5.74, 6) is 0. The van der Waals surface area contributed by atoms with Gasteiger partial charge >= 0.3 is 6.03 Å². The zero-order chi connectivity index (χ0) is 14.7. The molecule has 0 aliphatic heterocycles. The van der Waals surface area contributed by atoms with Crippen LogP contribution in [0.2, 0.25) is 0 Å². The van der Waals surface area contributed by atoms with Gasteiger partial charge < -0.3 is 16.4 Å². The van der Waals surface area contributed by atoms with Gasteiger partial charge in [-0.15, -0.1) is 0 Å². The van der Waals surface area contributed by atoms with Gasteiger partial charge in [0.25, 0.3) is 0 Å². The van der Waals surface area contributed by atoms with Crippen LogP contribution in [0.1, 0.15) is 32.1 Å². The summed E-state index contributed by atoms with van der Waals surface area (Å²) in [4.78, 5) is 16.4. The molecule has 3 rings (SSSR count). The van der Waals surface area contributed by atoms with Crippen molar-refractivity contribution in [3.05, 3.63) is 30.5 Å². The normalized spacial score (nSPS) is 15.8. The number of benzene rings is 1. The van der Waals surface area contributed by atoms with Gasteiger partial charge in [-0.1, -0.05) is 19.3 Å². The summed E-state index contributed by atoms with van der Waals surface area (Å²) in [5.41, 5.74) is 7.98. The summed E-state index contributed by atoms with van der Waals surface area (Å²) >= 11 is 0. The first kappa shape index (κ1) is 13.7. The summed E-state index contributed by atoms with van der Waals surface area (Å²) in [6.07, 6.45) is 7.49. The summed E-state index contributed by atoms with van der Waals surface area (Å²) in [6, 6.07) is 7.47. The molecule has 110 valence electrons. The van der Waals surface area contributed by atoms with Crippen LogP contribution in [-0.4, -0.2) is 17.1 Å². The zero-order valence-corrected chi connectivity index (χ0v) is 11.9. The van der Waals surface area contributed by atoms with Crippen molar-refractivity contribution in [1.29, 1.82) is 0 Å². The van der Waals surface area contributed by atoms with Crippen molar-refractivity contribution in [1.82, 2.24) is 10.3 Å². The predicted octanol–water partition coefficient (Wildman–Crippen LogP) is 3.27. The highest BCUT2D eigenvalue weighted by Crippen LogP contribution is 2.26. The number of nitrogens with zero attached hydrogens (tertiary/aromatic N) is 1. The number of pyridine rings is 1. The largest absolute Gasteiger partial charge is 0.397 e. The Morgan fingerprint density at radius 3 is 2.81 bits per heavy atom. The smallest absolute Gasteiger partial charge is 0.319 e. The minimum absolute atomic E-state index is 0.156. The van der Waals surface area contributed by atoms with Crippen LogP contribution in [0.15, 0.2) is 30.5 Å². The lowest BCUT2D eigenvalue weighted by atomic mass is 9.96. The number of carbonyl (C=O) groups is 1. The lowest BCUT2D eigenvalue weighted by Crippen LogP contribution is -2.39. The maximum Gasteiger partial charge on any atom is 0.319 e. The van der Waals surface area contributed by atoms with Crippen LogP contribution >= 0.6 is 0 Å². The molecule has 0 saturated heterocycles. The molecule has 1 aliphatic rings. The molecule has 1 heterocycles. The number of nitrogens with one attached hydrogen (secondary N) is 2. The molecule has 2 amide bonds. The van der Waals surface area contributed by atoms with E-state index >= 15 is 0 Å². The minimum Gasteiger partial charge on any atom is -0.397 e. The topological polar surface area (TPSA) is 80.0 Å². The van der Waals surface area contributed by atoms with E-state index in [4.69, 9.17) is 5.73 Å². The van der Waals surface area contributed by atoms with E-state index < -0.39 is 0 Å². The first-order valence-corrected chi connectivity index (χ1v) is 7.45. The van der Waals surface area contributed by atoms with Gasteiger partial charge in [0.1, 0.15) is 0 Å². The number of aromatic nitrogens is 1. The van der Waals surface area contributed by atoms with Gasteiger partial charge in [-0.25, -0.2) is 4.79 Å². The summed E-state index contributed by atoms with van der Waals surface area (Å²) in [7, 11) is 0. The molecule has 1 aliphatic carbocycles. The molecule has 0 atom stereocenters. The highest BCUT2D eigenvalue weighted by molar-refractivity contribution is 6.04. The summed E-state index contributed by atoms with van der Waals surface area (Å²) in [6.45, 7) is 0. The van der Waals surface area contributed by atoms with E-state index in [9.17, 15) is 4.79 Å². The number of anilines is 2. The third-order valence-electron chi connectivity index (χ3n) is 3.99. The summed E-state index contributed by atoms with van der Waals surface area (Å²) in [5, 5.41) is 6.82. The second-order valence-electron chi connectivity index (χ2n) is 5.54. The maximum atomic E-state index is 12.1. The standard InChI is InChI=1S/C16H20N4O/c17-13-8-9-14(12-7-4-10-18-15(12)13)20-16(21)19-11-5-2-1-3-6-11/h4,7-11H,1-3,5-6,17H2,(H2,19,20,21). The van der Waals surface area contributed by atoms with Crippen molar-refractivity contribution in [2.24, 2.45) is 0 Å². The maximum absolute atomic E-state index is 12.1. The molecular formula is C16H20N4O. The number of amides is 2. The Morgan fingerprint density at radius 1 is 1.19 bits per heavy atom. The molecule has 1 aromatic carbocycles. The van der Waals surface area contributed by atoms with Gasteiger partial charge in [-0.05, 0) is 37.1 Å². The zero-order valence-electron chi connectivity index (χ0n) is 11.9. The van der Waals surface area contributed by atoms with Crippen LogP contribution in [0.4, 0.5) is 16.2 Å². The van der Waals surface area contributed by atoms with Crippen LogP contribution < -0.4 is 16.4 Å². The van der Waals surface area contributed by atoms with Gasteiger partial charge in [0.2, 0.25) is 0 Å². The van der Waals surface area contributed by atoms with Crippen molar-refractivity contribution in [2.75, 3.05) is 11.1 Å². The Bertz CT molecular complexity index is 650. The minimum atomic E-state index is -0.156. The fourth-order valence-electron chi connectivity index (χ4n) is 2.89. The van der Waals surface area contributed by atoms with Gasteiger partial charge in [-0.3, -0.25) is 4.98 Å². The van der Waals surface area contributed by atoms with Crippen molar-refractivity contribution in [3.63, 3.8) is 0 Å². The Morgan fingerprint density at radius 2 is 2.00 bits per heavy atom. The fraction of sp³-hybridized carbons (Fsp3) is 0.375. The number of carbonyl (C=O) groups excluding carboxylic acids is 1. The molecule has 1 aromatic heterocycles. The van der Waals surface area contributed by atoms with E-state index in [1.54, 1.807) is 12.3 Å². The third kappa shape index (κ3) is 3.07. The van der Waals surface area contributed by atoms with E-state index in [1.807, 2.05) is 18.2 Å². The van der Waals surface area contributed by atoms with Crippen LogP contribution in [0.25, 0.3) is 10.9 Å². The molecule has 2 aromatic rings. The van der Waals surface area contributed by atoms with Crippen molar-refractivity contribution in [3.8, 4) is 0 Å². The number of nitrogens with two attached hydrogens (primary N) is 1. The second kappa shape index (κ2) is 5.99. The van der Waals surface area contributed by atoms with Crippen molar-refractivity contribution >= 4 is 28.3 Å². The Kier molecular flexibility index (Phi) is 3.90. The molecular weight excluding hydrogens is 264 g/mol. The Hall–Kier alpha value is -2.30. The number of hydrogen-bond acceptors (Lipinski definition) is 3. The molecule has 1 fully saturated rings. The van der Waals surface area contributed by atoms with Crippen LogP contribution in [0, 0.1) is 0 Å². The van der Waals surface area contributed by atoms with E-state index in [2.05, 4.69) is 15.6 Å². The molecule has 0 spiro atoms. The highest BCUT2D eigenvalue weighted by Gasteiger charge is 2.16. The average molecular weight is 284 g/mol. The van der Waals surface area contributed by atoms with Gasteiger partial charge in [0.05, 0.1) is 16.9 Å².